The minimum Gasteiger partial charge on any atom is -0.395 e. The number of hydrogen-bond acceptors (Lipinski definition) is 4. The number of nitrogens with two attached hydrogens (primary N) is 1. The van der Waals surface area contributed by atoms with Crippen LogP contribution >= 0.6 is 0 Å². The number of nitriles is 1. The number of nitrogens with one attached hydrogen (secondary N) is 2. The Balaban J connectivity index is 2.11. The zero-order valence-electron chi connectivity index (χ0n) is 10.4. The predicted octanol–water partition coefficient (Wildman–Crippen LogP) is 1.62. The number of aryl methyl sites for hydroxylation is 1. The fourth-order valence-electron chi connectivity index (χ4n) is 1.60. The molecule has 0 aliphatic rings. The Kier molecular flexibility index (Phi) is 3.48. The SMILES string of the molecule is Cc1[nH]nc(C(=O)Nc2ccc(CC#N)cc2)c1N. The number of rotatable bonds is 3. The topological polar surface area (TPSA) is 108 Å². The molecule has 0 atom stereocenters. The molecule has 0 bridgehead atoms. The molecule has 96 valence electrons. The van der Waals surface area contributed by atoms with Crippen molar-refractivity contribution in [2.45, 2.75) is 13.3 Å². The molecule has 0 saturated heterocycles. The van der Waals surface area contributed by atoms with Gasteiger partial charge in [0.05, 0.1) is 23.9 Å². The van der Waals surface area contributed by atoms with Crippen molar-refractivity contribution in [3.05, 3.63) is 41.2 Å². The number of nitrogens with zero attached hydrogens (tertiary/aromatic N) is 2. The number of aromatic nitrogens is 2. The Morgan fingerprint density at radius 2 is 2.16 bits per heavy atom. The average Bonchev–Trinajstić information content (AvgIpc) is 2.73. The highest BCUT2D eigenvalue weighted by molar-refractivity contribution is 6.06. The van der Waals surface area contributed by atoms with Gasteiger partial charge >= 0.3 is 0 Å². The van der Waals surface area contributed by atoms with Crippen LogP contribution in [0.3, 0.4) is 0 Å². The number of carbonyl (C=O) groups is 1. The molecule has 6 heteroatoms. The van der Waals surface area contributed by atoms with E-state index in [4.69, 9.17) is 11.0 Å². The maximum Gasteiger partial charge on any atom is 0.278 e. The Labute approximate surface area is 110 Å². The number of hydrogen-bond donors (Lipinski definition) is 3. The van der Waals surface area contributed by atoms with Crippen molar-refractivity contribution >= 4 is 17.3 Å². The van der Waals surface area contributed by atoms with Gasteiger partial charge in [-0.2, -0.15) is 10.4 Å². The van der Waals surface area contributed by atoms with Gasteiger partial charge in [0, 0.05) is 5.69 Å². The fourth-order valence-corrected chi connectivity index (χ4v) is 1.60. The van der Waals surface area contributed by atoms with Crippen molar-refractivity contribution in [3.63, 3.8) is 0 Å². The molecule has 1 heterocycles. The molecule has 0 saturated carbocycles. The number of aromatic amines is 1. The first-order valence-electron chi connectivity index (χ1n) is 5.69. The van der Waals surface area contributed by atoms with Crippen LogP contribution in [-0.4, -0.2) is 16.1 Å². The monoisotopic (exact) mass is 255 g/mol. The standard InChI is InChI=1S/C13H13N5O/c1-8-11(15)12(18-17-8)13(19)16-10-4-2-9(3-5-10)6-7-14/h2-5H,6,15H2,1H3,(H,16,19)(H,17,18). The van der Waals surface area contributed by atoms with Crippen molar-refractivity contribution in [1.29, 1.82) is 5.26 Å². The molecular formula is C13H13N5O. The third kappa shape index (κ3) is 2.72. The van der Waals surface area contributed by atoms with Gasteiger partial charge in [-0.25, -0.2) is 0 Å². The summed E-state index contributed by atoms with van der Waals surface area (Å²) in [5.41, 5.74) is 8.45. The highest BCUT2D eigenvalue weighted by atomic mass is 16.2. The minimum atomic E-state index is -0.366. The van der Waals surface area contributed by atoms with Crippen molar-refractivity contribution in [2.75, 3.05) is 11.1 Å². The van der Waals surface area contributed by atoms with E-state index < -0.39 is 0 Å². The van der Waals surface area contributed by atoms with Crippen LogP contribution < -0.4 is 11.1 Å². The van der Waals surface area contributed by atoms with Crippen LogP contribution in [-0.2, 0) is 6.42 Å². The summed E-state index contributed by atoms with van der Waals surface area (Å²) < 4.78 is 0. The Morgan fingerprint density at radius 3 is 2.68 bits per heavy atom. The van der Waals surface area contributed by atoms with E-state index in [1.165, 1.54) is 0 Å². The quantitative estimate of drug-likeness (QED) is 0.774. The second-order valence-corrected chi connectivity index (χ2v) is 4.10. The molecule has 0 fully saturated rings. The average molecular weight is 255 g/mol. The van der Waals surface area contributed by atoms with Crippen molar-refractivity contribution in [2.24, 2.45) is 0 Å². The predicted molar refractivity (Wildman–Crippen MR) is 71.4 cm³/mol. The maximum atomic E-state index is 11.9. The third-order valence-corrected chi connectivity index (χ3v) is 2.70. The maximum absolute atomic E-state index is 11.9. The first kappa shape index (κ1) is 12.6. The van der Waals surface area contributed by atoms with Gasteiger partial charge in [-0.1, -0.05) is 12.1 Å². The lowest BCUT2D eigenvalue weighted by Crippen LogP contribution is -2.14. The zero-order chi connectivity index (χ0) is 13.8. The van der Waals surface area contributed by atoms with Crippen LogP contribution in [0.2, 0.25) is 0 Å². The van der Waals surface area contributed by atoms with Gasteiger partial charge in [-0.3, -0.25) is 9.89 Å². The molecule has 4 N–H and O–H groups in total. The second kappa shape index (κ2) is 5.23. The van der Waals surface area contributed by atoms with Gasteiger partial charge in [-0.15, -0.1) is 0 Å². The van der Waals surface area contributed by atoms with Gasteiger partial charge in [0.1, 0.15) is 0 Å². The number of H-pyrrole nitrogens is 1. The van der Waals surface area contributed by atoms with Gasteiger partial charge in [0.25, 0.3) is 5.91 Å². The van der Waals surface area contributed by atoms with E-state index in [9.17, 15) is 4.79 Å². The fraction of sp³-hybridized carbons (Fsp3) is 0.154. The van der Waals surface area contributed by atoms with E-state index in [1.54, 1.807) is 31.2 Å². The van der Waals surface area contributed by atoms with E-state index in [0.29, 0.717) is 23.5 Å². The molecular weight excluding hydrogens is 242 g/mol. The molecule has 6 nitrogen and oxygen atoms in total. The van der Waals surface area contributed by atoms with Crippen LogP contribution in [0.15, 0.2) is 24.3 Å². The number of nitrogen functional groups attached to an aromatic ring is 1. The smallest absolute Gasteiger partial charge is 0.278 e. The van der Waals surface area contributed by atoms with Gasteiger partial charge < -0.3 is 11.1 Å². The first-order valence-corrected chi connectivity index (χ1v) is 5.69. The Bertz CT molecular complexity index is 636. The largest absolute Gasteiger partial charge is 0.395 e. The molecule has 1 aromatic carbocycles. The molecule has 0 spiro atoms. The summed E-state index contributed by atoms with van der Waals surface area (Å²) in [5, 5.41) is 17.8. The van der Waals surface area contributed by atoms with Crippen LogP contribution in [0.4, 0.5) is 11.4 Å². The number of benzene rings is 1. The zero-order valence-corrected chi connectivity index (χ0v) is 10.4. The molecule has 19 heavy (non-hydrogen) atoms. The number of carbonyl (C=O) groups excluding carboxylic acids is 1. The molecule has 0 aliphatic heterocycles. The van der Waals surface area contributed by atoms with E-state index in [1.807, 2.05) is 0 Å². The van der Waals surface area contributed by atoms with Crippen molar-refractivity contribution in [1.82, 2.24) is 10.2 Å². The summed E-state index contributed by atoms with van der Waals surface area (Å²) >= 11 is 0. The van der Waals surface area contributed by atoms with Gasteiger partial charge in [0.15, 0.2) is 5.69 Å². The molecule has 0 radical (unpaired) electrons. The van der Waals surface area contributed by atoms with Gasteiger partial charge in [-0.05, 0) is 24.6 Å². The summed E-state index contributed by atoms with van der Waals surface area (Å²) in [6.45, 7) is 1.75. The summed E-state index contributed by atoms with van der Waals surface area (Å²) in [7, 11) is 0. The van der Waals surface area contributed by atoms with Crippen LogP contribution in [0.5, 0.6) is 0 Å². The minimum absolute atomic E-state index is 0.179. The molecule has 1 aromatic heterocycles. The molecule has 2 aromatic rings. The summed E-state index contributed by atoms with van der Waals surface area (Å²) in [5.74, 6) is -0.366. The number of anilines is 2. The van der Waals surface area contributed by atoms with Crippen molar-refractivity contribution < 1.29 is 4.79 Å². The summed E-state index contributed by atoms with van der Waals surface area (Å²) in [6.07, 6.45) is 0.347. The lowest BCUT2D eigenvalue weighted by atomic mass is 10.1. The first-order chi connectivity index (χ1) is 9.11. The lowest BCUT2D eigenvalue weighted by Gasteiger charge is -2.04. The highest BCUT2D eigenvalue weighted by Gasteiger charge is 2.15. The summed E-state index contributed by atoms with van der Waals surface area (Å²) in [4.78, 5) is 11.9. The van der Waals surface area contributed by atoms with Crippen molar-refractivity contribution in [3.8, 4) is 6.07 Å². The summed E-state index contributed by atoms with van der Waals surface area (Å²) in [6, 6.07) is 9.11. The molecule has 2 rings (SSSR count). The Morgan fingerprint density at radius 1 is 1.47 bits per heavy atom. The van der Waals surface area contributed by atoms with Crippen LogP contribution in [0.1, 0.15) is 21.7 Å². The normalized spacial score (nSPS) is 9.89. The third-order valence-electron chi connectivity index (χ3n) is 2.70. The van der Waals surface area contributed by atoms with E-state index in [2.05, 4.69) is 21.6 Å². The van der Waals surface area contributed by atoms with E-state index >= 15 is 0 Å². The lowest BCUT2D eigenvalue weighted by molar-refractivity contribution is 0.102. The van der Waals surface area contributed by atoms with E-state index in [0.717, 1.165) is 5.56 Å². The molecule has 0 aliphatic carbocycles. The van der Waals surface area contributed by atoms with Crippen LogP contribution in [0, 0.1) is 18.3 Å². The second-order valence-electron chi connectivity index (χ2n) is 4.10. The molecule has 0 unspecified atom stereocenters. The van der Waals surface area contributed by atoms with Crippen LogP contribution in [0.25, 0.3) is 0 Å². The van der Waals surface area contributed by atoms with Gasteiger partial charge in [0.2, 0.25) is 0 Å². The van der Waals surface area contributed by atoms with E-state index in [-0.39, 0.29) is 11.6 Å². The molecule has 1 amide bonds. The Hall–Kier alpha value is -2.81. The highest BCUT2D eigenvalue weighted by Crippen LogP contribution is 2.15. The number of amides is 1.